The number of hydrogen-bond acceptors (Lipinski definition) is 3. The molecule has 2 rings (SSSR count). The highest BCUT2D eigenvalue weighted by atomic mass is 16.5. The first-order valence-corrected chi connectivity index (χ1v) is 8.58. The maximum absolute atomic E-state index is 5.54. The third-order valence-electron chi connectivity index (χ3n) is 4.82. The van der Waals surface area contributed by atoms with Gasteiger partial charge in [0.25, 0.3) is 0 Å². The Balaban J connectivity index is 1.95. The molecule has 5 nitrogen and oxygen atoms in total. The Kier molecular flexibility index (Phi) is 6.77. The van der Waals surface area contributed by atoms with Crippen molar-refractivity contribution < 1.29 is 4.74 Å². The Morgan fingerprint density at radius 3 is 2.48 bits per heavy atom. The quantitative estimate of drug-likeness (QED) is 0.597. The molecule has 2 fully saturated rings. The van der Waals surface area contributed by atoms with E-state index in [0.717, 1.165) is 51.8 Å². The van der Waals surface area contributed by atoms with Crippen LogP contribution in [0.1, 0.15) is 45.4 Å². The molecule has 0 amide bonds. The van der Waals surface area contributed by atoms with Gasteiger partial charge in [-0.2, -0.15) is 0 Å². The van der Waals surface area contributed by atoms with Gasteiger partial charge in [-0.05, 0) is 19.3 Å². The smallest absolute Gasteiger partial charge is 0.191 e. The van der Waals surface area contributed by atoms with Crippen LogP contribution in [-0.4, -0.2) is 62.8 Å². The second-order valence-electron chi connectivity index (χ2n) is 6.24. The summed E-state index contributed by atoms with van der Waals surface area (Å²) in [6.45, 7) is 8.05. The molecule has 1 saturated carbocycles. The summed E-state index contributed by atoms with van der Waals surface area (Å²) in [6, 6.07) is 0. The molecule has 0 bridgehead atoms. The van der Waals surface area contributed by atoms with Gasteiger partial charge < -0.3 is 15.4 Å². The lowest BCUT2D eigenvalue weighted by molar-refractivity contribution is -0.0352. The SMILES string of the molecule is CCCNC(=NC)NCC1(N2CCOCC2)CCCCC1. The summed E-state index contributed by atoms with van der Waals surface area (Å²) in [6.07, 6.45) is 7.79. The third kappa shape index (κ3) is 4.58. The van der Waals surface area contributed by atoms with Crippen LogP contribution in [0.15, 0.2) is 4.99 Å². The van der Waals surface area contributed by atoms with Crippen molar-refractivity contribution in [1.82, 2.24) is 15.5 Å². The fraction of sp³-hybridized carbons (Fsp3) is 0.938. The average molecular weight is 296 g/mol. The van der Waals surface area contributed by atoms with Crippen LogP contribution in [0.3, 0.4) is 0 Å². The van der Waals surface area contributed by atoms with Gasteiger partial charge in [-0.25, -0.2) is 0 Å². The Morgan fingerprint density at radius 2 is 1.86 bits per heavy atom. The van der Waals surface area contributed by atoms with E-state index in [1.165, 1.54) is 32.1 Å². The van der Waals surface area contributed by atoms with Crippen molar-refractivity contribution in [2.45, 2.75) is 51.0 Å². The van der Waals surface area contributed by atoms with Crippen molar-refractivity contribution in [3.63, 3.8) is 0 Å². The molecular weight excluding hydrogens is 264 g/mol. The van der Waals surface area contributed by atoms with Crippen molar-refractivity contribution in [2.24, 2.45) is 4.99 Å². The van der Waals surface area contributed by atoms with Crippen LogP contribution < -0.4 is 10.6 Å². The lowest BCUT2D eigenvalue weighted by Gasteiger charge is -2.48. The summed E-state index contributed by atoms with van der Waals surface area (Å²) < 4.78 is 5.54. The Labute approximate surface area is 129 Å². The van der Waals surface area contributed by atoms with Gasteiger partial charge in [-0.15, -0.1) is 0 Å². The maximum Gasteiger partial charge on any atom is 0.191 e. The van der Waals surface area contributed by atoms with E-state index in [1.807, 2.05) is 7.05 Å². The summed E-state index contributed by atoms with van der Waals surface area (Å²) in [5.41, 5.74) is 0.297. The van der Waals surface area contributed by atoms with Gasteiger partial charge in [0.15, 0.2) is 5.96 Å². The fourth-order valence-electron chi connectivity index (χ4n) is 3.56. The van der Waals surface area contributed by atoms with Crippen molar-refractivity contribution in [3.8, 4) is 0 Å². The number of aliphatic imine (C=N–C) groups is 1. The molecule has 1 aliphatic carbocycles. The normalized spacial score (nSPS) is 23.8. The molecule has 0 atom stereocenters. The van der Waals surface area contributed by atoms with E-state index >= 15 is 0 Å². The number of guanidine groups is 1. The van der Waals surface area contributed by atoms with E-state index in [-0.39, 0.29) is 0 Å². The van der Waals surface area contributed by atoms with Gasteiger partial charge >= 0.3 is 0 Å². The van der Waals surface area contributed by atoms with Crippen molar-refractivity contribution >= 4 is 5.96 Å². The van der Waals surface area contributed by atoms with Gasteiger partial charge in [0.1, 0.15) is 0 Å². The number of ether oxygens (including phenoxy) is 1. The van der Waals surface area contributed by atoms with Gasteiger partial charge in [0.05, 0.1) is 13.2 Å². The number of nitrogens with zero attached hydrogens (tertiary/aromatic N) is 2. The second-order valence-corrected chi connectivity index (χ2v) is 6.24. The Morgan fingerprint density at radius 1 is 1.14 bits per heavy atom. The summed E-state index contributed by atoms with van der Waals surface area (Å²) in [5, 5.41) is 6.94. The molecule has 0 aromatic carbocycles. The molecular formula is C16H32N4O. The zero-order chi connectivity index (χ0) is 15.0. The maximum atomic E-state index is 5.54. The second kappa shape index (κ2) is 8.59. The van der Waals surface area contributed by atoms with Crippen molar-refractivity contribution in [1.29, 1.82) is 0 Å². The molecule has 1 heterocycles. The van der Waals surface area contributed by atoms with E-state index in [9.17, 15) is 0 Å². The fourth-order valence-corrected chi connectivity index (χ4v) is 3.56. The molecule has 2 aliphatic rings. The summed E-state index contributed by atoms with van der Waals surface area (Å²) in [4.78, 5) is 7.00. The highest BCUT2D eigenvalue weighted by Crippen LogP contribution is 2.33. The highest BCUT2D eigenvalue weighted by molar-refractivity contribution is 5.79. The van der Waals surface area contributed by atoms with Crippen LogP contribution in [0.25, 0.3) is 0 Å². The summed E-state index contributed by atoms with van der Waals surface area (Å²) in [7, 11) is 1.85. The summed E-state index contributed by atoms with van der Waals surface area (Å²) in [5.74, 6) is 0.940. The lowest BCUT2D eigenvalue weighted by atomic mass is 9.80. The zero-order valence-corrected chi connectivity index (χ0v) is 13.8. The standard InChI is InChI=1S/C16H32N4O/c1-3-9-18-15(17-2)19-14-16(7-5-4-6-8-16)20-10-12-21-13-11-20/h3-14H2,1-2H3,(H2,17,18,19). The van der Waals surface area contributed by atoms with Gasteiger partial charge in [-0.3, -0.25) is 9.89 Å². The molecule has 0 unspecified atom stereocenters. The largest absolute Gasteiger partial charge is 0.379 e. The van der Waals surface area contributed by atoms with Gasteiger partial charge in [0.2, 0.25) is 0 Å². The van der Waals surface area contributed by atoms with Crippen LogP contribution in [0.5, 0.6) is 0 Å². The number of morpholine rings is 1. The van der Waals surface area contributed by atoms with E-state index in [2.05, 4.69) is 27.4 Å². The molecule has 2 N–H and O–H groups in total. The monoisotopic (exact) mass is 296 g/mol. The van der Waals surface area contributed by atoms with Gasteiger partial charge in [0, 0.05) is 38.8 Å². The molecule has 0 aromatic rings. The molecule has 5 heteroatoms. The van der Waals surface area contributed by atoms with Gasteiger partial charge in [-0.1, -0.05) is 26.2 Å². The first-order chi connectivity index (χ1) is 10.3. The minimum Gasteiger partial charge on any atom is -0.379 e. The minimum absolute atomic E-state index is 0.297. The molecule has 0 radical (unpaired) electrons. The Bertz CT molecular complexity index is 320. The van der Waals surface area contributed by atoms with Crippen LogP contribution in [0.2, 0.25) is 0 Å². The van der Waals surface area contributed by atoms with E-state index in [0.29, 0.717) is 5.54 Å². The predicted molar refractivity (Wildman–Crippen MR) is 87.9 cm³/mol. The average Bonchev–Trinajstić information content (AvgIpc) is 2.57. The topological polar surface area (TPSA) is 48.9 Å². The zero-order valence-electron chi connectivity index (χ0n) is 13.8. The molecule has 0 spiro atoms. The van der Waals surface area contributed by atoms with Crippen LogP contribution >= 0.6 is 0 Å². The minimum atomic E-state index is 0.297. The predicted octanol–water partition coefficient (Wildman–Crippen LogP) is 1.60. The van der Waals surface area contributed by atoms with Crippen molar-refractivity contribution in [2.75, 3.05) is 46.4 Å². The van der Waals surface area contributed by atoms with Crippen LogP contribution in [-0.2, 0) is 4.74 Å². The number of rotatable bonds is 5. The van der Waals surface area contributed by atoms with Crippen LogP contribution in [0, 0.1) is 0 Å². The number of hydrogen-bond donors (Lipinski definition) is 2. The first-order valence-electron chi connectivity index (χ1n) is 8.58. The molecule has 21 heavy (non-hydrogen) atoms. The van der Waals surface area contributed by atoms with E-state index in [4.69, 9.17) is 4.74 Å². The Hall–Kier alpha value is -0.810. The highest BCUT2D eigenvalue weighted by Gasteiger charge is 2.38. The molecule has 0 aromatic heterocycles. The van der Waals surface area contributed by atoms with Crippen molar-refractivity contribution in [3.05, 3.63) is 0 Å². The third-order valence-corrected chi connectivity index (χ3v) is 4.82. The van der Waals surface area contributed by atoms with Crippen LogP contribution in [0.4, 0.5) is 0 Å². The molecule has 1 aliphatic heterocycles. The first kappa shape index (κ1) is 16.6. The molecule has 1 saturated heterocycles. The van der Waals surface area contributed by atoms with E-state index < -0.39 is 0 Å². The van der Waals surface area contributed by atoms with E-state index in [1.54, 1.807) is 0 Å². The number of nitrogens with one attached hydrogen (secondary N) is 2. The lowest BCUT2D eigenvalue weighted by Crippen LogP contribution is -2.60. The summed E-state index contributed by atoms with van der Waals surface area (Å²) >= 11 is 0. The molecule has 122 valence electrons.